The predicted octanol–water partition coefficient (Wildman–Crippen LogP) is 2.61. The largest absolute Gasteiger partial charge is 0.466 e. The summed E-state index contributed by atoms with van der Waals surface area (Å²) in [5.41, 5.74) is 0.455. The summed E-state index contributed by atoms with van der Waals surface area (Å²) in [6, 6.07) is 5.01. The molecule has 0 aliphatic heterocycles. The maximum absolute atomic E-state index is 11.5. The van der Waals surface area contributed by atoms with E-state index in [1.807, 2.05) is 0 Å². The highest BCUT2D eigenvalue weighted by Gasteiger charge is 2.10. The summed E-state index contributed by atoms with van der Waals surface area (Å²) >= 11 is 3.32. The first-order chi connectivity index (χ1) is 7.69. The van der Waals surface area contributed by atoms with Crippen LogP contribution in [0.15, 0.2) is 22.7 Å². The SMILES string of the molecule is CCOC(=O)c1ccc(Br)c(OCOC)c1. The van der Waals surface area contributed by atoms with Crippen LogP contribution in [-0.2, 0) is 9.47 Å². The standard InChI is InChI=1S/C11H13BrO4/c1-3-15-11(13)8-4-5-9(12)10(6-8)16-7-14-2/h4-6H,3,7H2,1-2H3. The van der Waals surface area contributed by atoms with Crippen LogP contribution in [0, 0.1) is 0 Å². The molecular formula is C11H13BrO4. The van der Waals surface area contributed by atoms with Crippen LogP contribution in [-0.4, -0.2) is 26.5 Å². The molecule has 0 saturated heterocycles. The van der Waals surface area contributed by atoms with Crippen LogP contribution in [0.1, 0.15) is 17.3 Å². The Morgan fingerprint density at radius 2 is 2.19 bits per heavy atom. The summed E-state index contributed by atoms with van der Waals surface area (Å²) in [5, 5.41) is 0. The second-order valence-corrected chi connectivity index (χ2v) is 3.77. The van der Waals surface area contributed by atoms with Gasteiger partial charge in [0.1, 0.15) is 5.75 Å². The van der Waals surface area contributed by atoms with Crippen LogP contribution in [0.5, 0.6) is 5.75 Å². The minimum atomic E-state index is -0.364. The first-order valence-electron chi connectivity index (χ1n) is 4.77. The van der Waals surface area contributed by atoms with Crippen LogP contribution in [0.25, 0.3) is 0 Å². The van der Waals surface area contributed by atoms with Crippen LogP contribution in [0.2, 0.25) is 0 Å². The molecule has 0 radical (unpaired) electrons. The van der Waals surface area contributed by atoms with Crippen molar-refractivity contribution >= 4 is 21.9 Å². The van der Waals surface area contributed by atoms with Crippen molar-refractivity contribution in [1.82, 2.24) is 0 Å². The Morgan fingerprint density at radius 3 is 2.81 bits per heavy atom. The maximum Gasteiger partial charge on any atom is 0.338 e. The van der Waals surface area contributed by atoms with Crippen molar-refractivity contribution in [3.05, 3.63) is 28.2 Å². The number of hydrogen-bond donors (Lipinski definition) is 0. The highest BCUT2D eigenvalue weighted by atomic mass is 79.9. The van der Waals surface area contributed by atoms with Gasteiger partial charge in [0, 0.05) is 7.11 Å². The van der Waals surface area contributed by atoms with Crippen molar-refractivity contribution in [1.29, 1.82) is 0 Å². The van der Waals surface area contributed by atoms with Gasteiger partial charge in [-0.25, -0.2) is 4.79 Å². The van der Waals surface area contributed by atoms with Gasteiger partial charge in [-0.15, -0.1) is 0 Å². The van der Waals surface area contributed by atoms with E-state index in [1.165, 1.54) is 7.11 Å². The topological polar surface area (TPSA) is 44.8 Å². The van der Waals surface area contributed by atoms with Gasteiger partial charge in [0.05, 0.1) is 16.6 Å². The van der Waals surface area contributed by atoms with E-state index in [-0.39, 0.29) is 12.8 Å². The molecule has 0 aliphatic carbocycles. The third-order valence-corrected chi connectivity index (χ3v) is 2.43. The number of ether oxygens (including phenoxy) is 3. The fourth-order valence-corrected chi connectivity index (χ4v) is 1.44. The average molecular weight is 289 g/mol. The number of carbonyl (C=O) groups is 1. The number of rotatable bonds is 5. The summed E-state index contributed by atoms with van der Waals surface area (Å²) in [6.45, 7) is 2.24. The van der Waals surface area contributed by atoms with Crippen molar-refractivity contribution in [2.45, 2.75) is 6.92 Å². The Balaban J connectivity index is 2.84. The average Bonchev–Trinajstić information content (AvgIpc) is 2.28. The second kappa shape index (κ2) is 6.50. The Labute approximate surface area is 103 Å². The lowest BCUT2D eigenvalue weighted by molar-refractivity contribution is 0.0486. The van der Waals surface area contributed by atoms with Crippen molar-refractivity contribution in [3.8, 4) is 5.75 Å². The van der Waals surface area contributed by atoms with Gasteiger partial charge in [0.25, 0.3) is 0 Å². The third-order valence-electron chi connectivity index (χ3n) is 1.77. The molecule has 1 aromatic rings. The van der Waals surface area contributed by atoms with E-state index in [0.717, 1.165) is 4.47 Å². The van der Waals surface area contributed by atoms with Gasteiger partial charge >= 0.3 is 5.97 Å². The normalized spacial score (nSPS) is 9.94. The van der Waals surface area contributed by atoms with Crippen LogP contribution >= 0.6 is 15.9 Å². The van der Waals surface area contributed by atoms with E-state index in [9.17, 15) is 4.79 Å². The molecule has 0 spiro atoms. The zero-order chi connectivity index (χ0) is 12.0. The Kier molecular flexibility index (Phi) is 5.28. The molecule has 0 N–H and O–H groups in total. The summed E-state index contributed by atoms with van der Waals surface area (Å²) in [5.74, 6) is 0.185. The summed E-state index contributed by atoms with van der Waals surface area (Å²) in [6.07, 6.45) is 0. The monoisotopic (exact) mass is 288 g/mol. The molecular weight excluding hydrogens is 276 g/mol. The summed E-state index contributed by atoms with van der Waals surface area (Å²) in [4.78, 5) is 11.5. The zero-order valence-electron chi connectivity index (χ0n) is 9.16. The molecule has 4 nitrogen and oxygen atoms in total. The number of benzene rings is 1. The molecule has 0 unspecified atom stereocenters. The highest BCUT2D eigenvalue weighted by molar-refractivity contribution is 9.10. The molecule has 0 aliphatic rings. The number of halogens is 1. The first-order valence-corrected chi connectivity index (χ1v) is 5.56. The number of esters is 1. The minimum Gasteiger partial charge on any atom is -0.466 e. The van der Waals surface area contributed by atoms with Gasteiger partial charge < -0.3 is 14.2 Å². The quantitative estimate of drug-likeness (QED) is 0.617. The van der Waals surface area contributed by atoms with E-state index in [1.54, 1.807) is 25.1 Å². The van der Waals surface area contributed by atoms with Crippen molar-refractivity contribution in [2.24, 2.45) is 0 Å². The van der Waals surface area contributed by atoms with E-state index in [4.69, 9.17) is 14.2 Å². The number of methoxy groups -OCH3 is 1. The lowest BCUT2D eigenvalue weighted by Crippen LogP contribution is -2.06. The van der Waals surface area contributed by atoms with Gasteiger partial charge in [0.15, 0.2) is 6.79 Å². The van der Waals surface area contributed by atoms with Gasteiger partial charge in [-0.1, -0.05) is 0 Å². The van der Waals surface area contributed by atoms with E-state index < -0.39 is 0 Å². The van der Waals surface area contributed by atoms with Crippen LogP contribution < -0.4 is 4.74 Å². The van der Waals surface area contributed by atoms with Gasteiger partial charge in [-0.05, 0) is 41.1 Å². The molecule has 0 fully saturated rings. The van der Waals surface area contributed by atoms with Crippen LogP contribution in [0.4, 0.5) is 0 Å². The molecule has 5 heteroatoms. The van der Waals surface area contributed by atoms with E-state index >= 15 is 0 Å². The van der Waals surface area contributed by atoms with Crippen molar-refractivity contribution in [3.63, 3.8) is 0 Å². The summed E-state index contributed by atoms with van der Waals surface area (Å²) in [7, 11) is 1.53. The molecule has 0 amide bonds. The lowest BCUT2D eigenvalue weighted by atomic mass is 10.2. The molecule has 0 saturated carbocycles. The van der Waals surface area contributed by atoms with Gasteiger partial charge in [0.2, 0.25) is 0 Å². The lowest BCUT2D eigenvalue weighted by Gasteiger charge is -2.08. The fraction of sp³-hybridized carbons (Fsp3) is 0.364. The van der Waals surface area contributed by atoms with Gasteiger partial charge in [-0.3, -0.25) is 0 Å². The minimum absolute atomic E-state index is 0.130. The molecule has 0 heterocycles. The second-order valence-electron chi connectivity index (χ2n) is 2.92. The smallest absolute Gasteiger partial charge is 0.338 e. The van der Waals surface area contributed by atoms with Crippen molar-refractivity contribution in [2.75, 3.05) is 20.5 Å². The zero-order valence-corrected chi connectivity index (χ0v) is 10.7. The van der Waals surface area contributed by atoms with Gasteiger partial charge in [-0.2, -0.15) is 0 Å². The third kappa shape index (κ3) is 3.50. The molecule has 16 heavy (non-hydrogen) atoms. The molecule has 1 rings (SSSR count). The summed E-state index contributed by atoms with van der Waals surface area (Å²) < 4.78 is 15.7. The highest BCUT2D eigenvalue weighted by Crippen LogP contribution is 2.26. The van der Waals surface area contributed by atoms with E-state index in [0.29, 0.717) is 17.9 Å². The molecule has 88 valence electrons. The fourth-order valence-electron chi connectivity index (χ4n) is 1.08. The maximum atomic E-state index is 11.5. The molecule has 0 bridgehead atoms. The predicted molar refractivity (Wildman–Crippen MR) is 62.6 cm³/mol. The van der Waals surface area contributed by atoms with Crippen molar-refractivity contribution < 1.29 is 19.0 Å². The molecule has 0 atom stereocenters. The molecule has 0 aromatic heterocycles. The van der Waals surface area contributed by atoms with E-state index in [2.05, 4.69) is 15.9 Å². The Morgan fingerprint density at radius 1 is 1.44 bits per heavy atom. The molecule has 1 aromatic carbocycles. The van der Waals surface area contributed by atoms with Crippen LogP contribution in [0.3, 0.4) is 0 Å². The number of carbonyl (C=O) groups excluding carboxylic acids is 1. The Hall–Kier alpha value is -1.07. The first kappa shape index (κ1) is 13.0. The number of hydrogen-bond acceptors (Lipinski definition) is 4. The Bertz CT molecular complexity index is 365.